The Bertz CT molecular complexity index is 564. The number of likely N-dealkylation sites (tertiary alicyclic amines) is 1. The lowest BCUT2D eigenvalue weighted by molar-refractivity contribution is -0.125. The number of nitrogens with zero attached hydrogens (tertiary/aromatic N) is 1. The summed E-state index contributed by atoms with van der Waals surface area (Å²) in [4.78, 5) is 24.9. The zero-order valence-electron chi connectivity index (χ0n) is 11.9. The number of carbonyl (C=O) groups excluding carboxylic acids is 1. The maximum Gasteiger partial charge on any atom is 0.335 e. The van der Waals surface area contributed by atoms with Crippen LogP contribution in [0.3, 0.4) is 0 Å². The number of rotatable bonds is 3. The lowest BCUT2D eigenvalue weighted by atomic mass is 10.0. The highest BCUT2D eigenvalue weighted by atomic mass is 16.4. The molecule has 110 valence electrons. The van der Waals surface area contributed by atoms with Crippen LogP contribution in [0.2, 0.25) is 0 Å². The second-order valence-electron chi connectivity index (χ2n) is 5.95. The standard InChI is InChI=1S/C17H19NO3/c19-16(18-10-14-2-1-3-15(14)11-18)9-6-12-4-7-13(8-5-12)17(20)21/h4-9,14-15H,1-3,10-11H2,(H,20,21)/b9-6+/t14-,15-/m0/s1. The van der Waals surface area contributed by atoms with Gasteiger partial charge in [0, 0.05) is 19.2 Å². The van der Waals surface area contributed by atoms with Gasteiger partial charge in [-0.15, -0.1) is 0 Å². The van der Waals surface area contributed by atoms with E-state index in [1.807, 2.05) is 4.90 Å². The van der Waals surface area contributed by atoms with E-state index in [2.05, 4.69) is 0 Å². The summed E-state index contributed by atoms with van der Waals surface area (Å²) >= 11 is 0. The van der Waals surface area contributed by atoms with Crippen molar-refractivity contribution in [2.24, 2.45) is 11.8 Å². The summed E-state index contributed by atoms with van der Waals surface area (Å²) in [5, 5.41) is 8.84. The van der Waals surface area contributed by atoms with E-state index in [4.69, 9.17) is 5.11 Å². The number of carboxylic acid groups (broad SMARTS) is 1. The molecule has 0 aromatic heterocycles. The summed E-state index contributed by atoms with van der Waals surface area (Å²) in [5.41, 5.74) is 1.10. The smallest absolute Gasteiger partial charge is 0.335 e. The molecule has 1 heterocycles. The van der Waals surface area contributed by atoms with Gasteiger partial charge >= 0.3 is 5.97 Å². The number of benzene rings is 1. The molecule has 0 bridgehead atoms. The minimum absolute atomic E-state index is 0.0618. The maximum absolute atomic E-state index is 12.2. The zero-order valence-corrected chi connectivity index (χ0v) is 11.9. The molecule has 1 aliphatic heterocycles. The van der Waals surface area contributed by atoms with Crippen LogP contribution in [-0.2, 0) is 4.79 Å². The molecule has 4 heteroatoms. The Hall–Kier alpha value is -2.10. The summed E-state index contributed by atoms with van der Waals surface area (Å²) < 4.78 is 0. The lowest BCUT2D eigenvalue weighted by Crippen LogP contribution is -2.27. The number of fused-ring (bicyclic) bond motifs is 1. The van der Waals surface area contributed by atoms with E-state index in [9.17, 15) is 9.59 Å². The van der Waals surface area contributed by atoms with Crippen LogP contribution >= 0.6 is 0 Å². The molecule has 21 heavy (non-hydrogen) atoms. The van der Waals surface area contributed by atoms with Crippen molar-refractivity contribution in [3.8, 4) is 0 Å². The number of aromatic carboxylic acids is 1. The number of hydrogen-bond acceptors (Lipinski definition) is 2. The van der Waals surface area contributed by atoms with Crippen LogP contribution in [0, 0.1) is 11.8 Å². The molecule has 0 radical (unpaired) electrons. The molecule has 3 rings (SSSR count). The van der Waals surface area contributed by atoms with Crippen LogP contribution in [0.25, 0.3) is 6.08 Å². The second kappa shape index (κ2) is 5.72. The van der Waals surface area contributed by atoms with Crippen LogP contribution in [0.15, 0.2) is 30.3 Å². The fourth-order valence-electron chi connectivity index (χ4n) is 3.42. The first-order valence-corrected chi connectivity index (χ1v) is 7.44. The van der Waals surface area contributed by atoms with Gasteiger partial charge in [0.25, 0.3) is 0 Å². The molecule has 1 aromatic carbocycles. The zero-order chi connectivity index (χ0) is 14.8. The predicted molar refractivity (Wildman–Crippen MR) is 79.8 cm³/mol. The fraction of sp³-hybridized carbons (Fsp3) is 0.412. The molecule has 1 saturated carbocycles. The normalized spacial score (nSPS) is 24.5. The topological polar surface area (TPSA) is 57.6 Å². The first-order chi connectivity index (χ1) is 10.1. The first-order valence-electron chi connectivity index (χ1n) is 7.44. The molecule has 1 aromatic rings. The van der Waals surface area contributed by atoms with Crippen molar-refractivity contribution >= 4 is 18.0 Å². The third kappa shape index (κ3) is 2.99. The Labute approximate surface area is 124 Å². The Morgan fingerprint density at radius 2 is 1.71 bits per heavy atom. The number of carboxylic acids is 1. The van der Waals surface area contributed by atoms with Crippen molar-refractivity contribution in [3.05, 3.63) is 41.5 Å². The summed E-state index contributed by atoms with van der Waals surface area (Å²) in [5.74, 6) is 0.534. The highest BCUT2D eigenvalue weighted by Crippen LogP contribution is 2.37. The van der Waals surface area contributed by atoms with E-state index in [1.54, 1.807) is 36.4 Å². The monoisotopic (exact) mass is 285 g/mol. The van der Waals surface area contributed by atoms with Crippen LogP contribution in [0.5, 0.6) is 0 Å². The summed E-state index contributed by atoms with van der Waals surface area (Å²) in [6.45, 7) is 1.79. The predicted octanol–water partition coefficient (Wildman–Crippen LogP) is 2.66. The molecule has 4 nitrogen and oxygen atoms in total. The van der Waals surface area contributed by atoms with Crippen LogP contribution < -0.4 is 0 Å². The van der Waals surface area contributed by atoms with Gasteiger partial charge in [-0.3, -0.25) is 4.79 Å². The highest BCUT2D eigenvalue weighted by molar-refractivity contribution is 5.92. The van der Waals surface area contributed by atoms with E-state index in [0.717, 1.165) is 18.7 Å². The third-order valence-corrected chi connectivity index (χ3v) is 4.61. The molecule has 1 N–H and O–H groups in total. The van der Waals surface area contributed by atoms with E-state index in [-0.39, 0.29) is 11.5 Å². The molecule has 1 amide bonds. The molecular weight excluding hydrogens is 266 g/mol. The average Bonchev–Trinajstić information content (AvgIpc) is 3.06. The van der Waals surface area contributed by atoms with Crippen molar-refractivity contribution in [1.29, 1.82) is 0 Å². The third-order valence-electron chi connectivity index (χ3n) is 4.61. The molecule has 2 atom stereocenters. The molecular formula is C17H19NO3. The van der Waals surface area contributed by atoms with E-state index in [0.29, 0.717) is 11.8 Å². The second-order valence-corrected chi connectivity index (χ2v) is 5.95. The van der Waals surface area contributed by atoms with Crippen molar-refractivity contribution in [3.63, 3.8) is 0 Å². The summed E-state index contributed by atoms with van der Waals surface area (Å²) in [6.07, 6.45) is 7.17. The van der Waals surface area contributed by atoms with Gasteiger partial charge in [0.05, 0.1) is 5.56 Å². The largest absolute Gasteiger partial charge is 0.478 e. The molecule has 1 aliphatic carbocycles. The van der Waals surface area contributed by atoms with Gasteiger partial charge in [0.2, 0.25) is 5.91 Å². The van der Waals surface area contributed by atoms with Crippen molar-refractivity contribution in [2.75, 3.05) is 13.1 Å². The minimum Gasteiger partial charge on any atom is -0.478 e. The summed E-state index contributed by atoms with van der Waals surface area (Å²) in [7, 11) is 0. The van der Waals surface area contributed by atoms with Crippen LogP contribution in [0.4, 0.5) is 0 Å². The van der Waals surface area contributed by atoms with Crippen LogP contribution in [-0.4, -0.2) is 35.0 Å². The van der Waals surface area contributed by atoms with E-state index in [1.165, 1.54) is 19.3 Å². The van der Waals surface area contributed by atoms with Gasteiger partial charge in [-0.1, -0.05) is 18.6 Å². The van der Waals surface area contributed by atoms with Gasteiger partial charge in [-0.05, 0) is 48.4 Å². The molecule has 2 aliphatic rings. The highest BCUT2D eigenvalue weighted by Gasteiger charge is 2.37. The quantitative estimate of drug-likeness (QED) is 0.869. The van der Waals surface area contributed by atoms with Crippen molar-refractivity contribution in [2.45, 2.75) is 19.3 Å². The van der Waals surface area contributed by atoms with Gasteiger partial charge in [0.1, 0.15) is 0 Å². The van der Waals surface area contributed by atoms with Gasteiger partial charge in [0.15, 0.2) is 0 Å². The number of hydrogen-bond donors (Lipinski definition) is 1. The van der Waals surface area contributed by atoms with E-state index < -0.39 is 5.97 Å². The van der Waals surface area contributed by atoms with Crippen LogP contribution in [0.1, 0.15) is 35.2 Å². The fourth-order valence-corrected chi connectivity index (χ4v) is 3.42. The van der Waals surface area contributed by atoms with Gasteiger partial charge in [-0.25, -0.2) is 4.79 Å². The van der Waals surface area contributed by atoms with Gasteiger partial charge in [-0.2, -0.15) is 0 Å². The van der Waals surface area contributed by atoms with Crippen molar-refractivity contribution in [1.82, 2.24) is 4.90 Å². The Morgan fingerprint density at radius 3 is 2.29 bits per heavy atom. The Kier molecular flexibility index (Phi) is 3.78. The SMILES string of the molecule is O=C(O)c1ccc(/C=C/C(=O)N2C[C@@H]3CCC[C@H]3C2)cc1. The lowest BCUT2D eigenvalue weighted by Gasteiger charge is -2.14. The molecule has 1 saturated heterocycles. The molecule has 0 spiro atoms. The Balaban J connectivity index is 1.60. The van der Waals surface area contributed by atoms with Gasteiger partial charge < -0.3 is 10.0 Å². The maximum atomic E-state index is 12.2. The number of amides is 1. The van der Waals surface area contributed by atoms with E-state index >= 15 is 0 Å². The minimum atomic E-state index is -0.940. The first kappa shape index (κ1) is 13.9. The average molecular weight is 285 g/mol. The number of carbonyl (C=O) groups is 2. The molecule has 0 unspecified atom stereocenters. The molecule has 2 fully saturated rings. The Morgan fingerprint density at radius 1 is 1.10 bits per heavy atom. The summed E-state index contributed by atoms with van der Waals surface area (Å²) in [6, 6.07) is 6.53. The van der Waals surface area contributed by atoms with Crippen molar-refractivity contribution < 1.29 is 14.7 Å².